The number of Topliss-reactive ketones (excluding diaryl/α,β-unsaturated/α-hetero) is 1. The van der Waals surface area contributed by atoms with Crippen LogP contribution in [0.5, 0.6) is 5.75 Å². The third-order valence-electron chi connectivity index (χ3n) is 6.43. The number of benzene rings is 2. The summed E-state index contributed by atoms with van der Waals surface area (Å²) in [5.41, 5.74) is 0.0294. The lowest BCUT2D eigenvalue weighted by Crippen LogP contribution is -2.46. The van der Waals surface area contributed by atoms with Gasteiger partial charge in [-0.25, -0.2) is 0 Å². The summed E-state index contributed by atoms with van der Waals surface area (Å²) in [5, 5.41) is 21.5. The molecule has 0 unspecified atom stereocenters. The zero-order valence-corrected chi connectivity index (χ0v) is 18.2. The molecule has 2 aromatic carbocycles. The number of nitriles is 1. The second kappa shape index (κ2) is 8.06. The van der Waals surface area contributed by atoms with Crippen molar-refractivity contribution in [2.24, 2.45) is 5.41 Å². The van der Waals surface area contributed by atoms with Crippen molar-refractivity contribution in [3.8, 4) is 11.8 Å². The molecule has 0 radical (unpaired) electrons. The third-order valence-corrected chi connectivity index (χ3v) is 6.43. The number of carbonyl (C=O) groups excluding carboxylic acids is 2. The lowest BCUT2D eigenvalue weighted by molar-refractivity contribution is -0.384. The Morgan fingerprint density at radius 1 is 1.18 bits per heavy atom. The molecule has 0 bridgehead atoms. The molecule has 2 aliphatic rings. The van der Waals surface area contributed by atoms with Gasteiger partial charge in [0, 0.05) is 29.3 Å². The molecule has 0 amide bonds. The molecule has 0 spiro atoms. The van der Waals surface area contributed by atoms with Crippen LogP contribution >= 0.6 is 0 Å². The van der Waals surface area contributed by atoms with Crippen molar-refractivity contribution in [2.45, 2.75) is 24.9 Å². The summed E-state index contributed by atoms with van der Waals surface area (Å²) in [7, 11) is 2.75. The number of nitro groups is 1. The number of hydrogen-bond donors (Lipinski definition) is 0. The van der Waals surface area contributed by atoms with Crippen molar-refractivity contribution in [1.29, 1.82) is 5.26 Å². The van der Waals surface area contributed by atoms with Crippen LogP contribution in [0.1, 0.15) is 24.0 Å². The van der Waals surface area contributed by atoms with Gasteiger partial charge >= 0.3 is 5.97 Å². The van der Waals surface area contributed by atoms with E-state index in [0.717, 1.165) is 5.56 Å². The van der Waals surface area contributed by atoms with Gasteiger partial charge in [0.15, 0.2) is 11.2 Å². The number of non-ortho nitro benzene ring substituents is 1. The largest absolute Gasteiger partial charge is 0.497 e. The standard InChI is InChI=1S/C24H21N3O6/c1-14(28)22-21(15-4-7-17(8-5-15)27(30)31)24(13-25,23(29)33-3)20-11-6-16-12-18(32-2)9-10-19(16)26(20)22/h4-12,20-22H,1-3H3/t20-,21-,22-,24-/m0/s1. The molecule has 0 aliphatic carbocycles. The van der Waals surface area contributed by atoms with Gasteiger partial charge in [-0.1, -0.05) is 24.3 Å². The quantitative estimate of drug-likeness (QED) is 0.389. The first kappa shape index (κ1) is 22.0. The molecule has 9 heteroatoms. The molecule has 0 N–H and O–H groups in total. The summed E-state index contributed by atoms with van der Waals surface area (Å²) < 4.78 is 10.4. The number of nitrogens with zero attached hydrogens (tertiary/aromatic N) is 3. The van der Waals surface area contributed by atoms with Crippen molar-refractivity contribution >= 4 is 29.2 Å². The Labute approximate surface area is 190 Å². The molecule has 168 valence electrons. The van der Waals surface area contributed by atoms with E-state index in [0.29, 0.717) is 17.0 Å². The first-order chi connectivity index (χ1) is 15.8. The maximum atomic E-state index is 13.2. The van der Waals surface area contributed by atoms with Gasteiger partial charge in [0.1, 0.15) is 5.75 Å². The Kier molecular flexibility index (Phi) is 5.38. The van der Waals surface area contributed by atoms with Crippen molar-refractivity contribution in [3.63, 3.8) is 0 Å². The SMILES string of the molecule is COC(=O)[C@@]1(C#N)[C@@H]2C=Cc3cc(OC)ccc3N2[C@@H](C(C)=O)[C@@H]1c1ccc([N+](=O)[O-])cc1. The predicted molar refractivity (Wildman–Crippen MR) is 119 cm³/mol. The van der Waals surface area contributed by atoms with Gasteiger partial charge in [-0.3, -0.25) is 19.7 Å². The number of esters is 1. The molecule has 4 atom stereocenters. The first-order valence-corrected chi connectivity index (χ1v) is 10.2. The van der Waals surface area contributed by atoms with Crippen molar-refractivity contribution in [1.82, 2.24) is 0 Å². The van der Waals surface area contributed by atoms with Crippen LogP contribution in [0.4, 0.5) is 11.4 Å². The van der Waals surface area contributed by atoms with Gasteiger partial charge in [0.05, 0.1) is 37.3 Å². The number of methoxy groups -OCH3 is 2. The second-order valence-corrected chi connectivity index (χ2v) is 7.99. The first-order valence-electron chi connectivity index (χ1n) is 10.2. The van der Waals surface area contributed by atoms with E-state index in [9.17, 15) is 25.0 Å². The lowest BCUT2D eigenvalue weighted by atomic mass is 9.68. The normalized spacial score (nSPS) is 24.9. The van der Waals surface area contributed by atoms with E-state index in [-0.39, 0.29) is 11.5 Å². The van der Waals surface area contributed by atoms with Crippen LogP contribution in [0, 0.1) is 26.9 Å². The average molecular weight is 447 g/mol. The summed E-state index contributed by atoms with van der Waals surface area (Å²) >= 11 is 0. The Morgan fingerprint density at radius 3 is 2.42 bits per heavy atom. The molecule has 9 nitrogen and oxygen atoms in total. The maximum absolute atomic E-state index is 13.2. The monoisotopic (exact) mass is 447 g/mol. The number of carbonyl (C=O) groups is 2. The number of nitro benzene ring substituents is 1. The Bertz CT molecular complexity index is 1220. The second-order valence-electron chi connectivity index (χ2n) is 7.99. The number of hydrogen-bond acceptors (Lipinski definition) is 8. The molecule has 1 fully saturated rings. The number of anilines is 1. The van der Waals surface area contributed by atoms with E-state index in [4.69, 9.17) is 9.47 Å². The molecule has 33 heavy (non-hydrogen) atoms. The van der Waals surface area contributed by atoms with E-state index in [2.05, 4.69) is 6.07 Å². The van der Waals surface area contributed by atoms with Gasteiger partial charge in [-0.05, 0) is 30.7 Å². The van der Waals surface area contributed by atoms with Crippen LogP contribution in [-0.4, -0.2) is 43.0 Å². The summed E-state index contributed by atoms with van der Waals surface area (Å²) in [5.74, 6) is -1.31. The minimum Gasteiger partial charge on any atom is -0.497 e. The van der Waals surface area contributed by atoms with Crippen LogP contribution in [0.2, 0.25) is 0 Å². The minimum absolute atomic E-state index is 0.133. The molecule has 2 aromatic rings. The maximum Gasteiger partial charge on any atom is 0.329 e. The van der Waals surface area contributed by atoms with Crippen molar-refractivity contribution < 1.29 is 24.0 Å². The van der Waals surface area contributed by atoms with E-state index < -0.39 is 34.3 Å². The van der Waals surface area contributed by atoms with Gasteiger partial charge < -0.3 is 14.4 Å². The summed E-state index contributed by atoms with van der Waals surface area (Å²) in [4.78, 5) is 38.6. The summed E-state index contributed by atoms with van der Waals surface area (Å²) in [6.45, 7) is 1.41. The molecular weight excluding hydrogens is 426 g/mol. The molecule has 2 heterocycles. The minimum atomic E-state index is -1.75. The van der Waals surface area contributed by atoms with Crippen LogP contribution < -0.4 is 9.64 Å². The zero-order chi connectivity index (χ0) is 23.9. The van der Waals surface area contributed by atoms with E-state index >= 15 is 0 Å². The number of ether oxygens (including phenoxy) is 2. The molecule has 2 aliphatic heterocycles. The van der Waals surface area contributed by atoms with Crippen LogP contribution in [0.3, 0.4) is 0 Å². The Morgan fingerprint density at radius 2 is 1.88 bits per heavy atom. The highest BCUT2D eigenvalue weighted by Crippen LogP contribution is 2.56. The third kappa shape index (κ3) is 3.14. The predicted octanol–water partition coefficient (Wildman–Crippen LogP) is 3.24. The smallest absolute Gasteiger partial charge is 0.329 e. The molecule has 0 saturated carbocycles. The topological polar surface area (TPSA) is 123 Å². The Balaban J connectivity index is 1.98. The Hall–Kier alpha value is -4.19. The zero-order valence-electron chi connectivity index (χ0n) is 18.2. The van der Waals surface area contributed by atoms with Crippen LogP contribution in [0.25, 0.3) is 6.08 Å². The lowest BCUT2D eigenvalue weighted by Gasteiger charge is -2.36. The number of fused-ring (bicyclic) bond motifs is 3. The molecule has 1 saturated heterocycles. The van der Waals surface area contributed by atoms with Crippen LogP contribution in [-0.2, 0) is 14.3 Å². The van der Waals surface area contributed by atoms with Crippen LogP contribution in [0.15, 0.2) is 48.5 Å². The number of rotatable bonds is 5. The van der Waals surface area contributed by atoms with E-state index in [1.54, 1.807) is 36.3 Å². The van der Waals surface area contributed by atoms with Crippen molar-refractivity contribution in [3.05, 3.63) is 69.8 Å². The molecular formula is C24H21N3O6. The summed E-state index contributed by atoms with van der Waals surface area (Å²) in [6.07, 6.45) is 3.52. The average Bonchev–Trinajstić information content (AvgIpc) is 3.14. The fraction of sp³-hybridized carbons (Fsp3) is 0.292. The van der Waals surface area contributed by atoms with Crippen molar-refractivity contribution in [2.75, 3.05) is 19.1 Å². The highest BCUT2D eigenvalue weighted by Gasteiger charge is 2.66. The highest BCUT2D eigenvalue weighted by molar-refractivity contribution is 5.96. The molecule has 4 rings (SSSR count). The van der Waals surface area contributed by atoms with Gasteiger partial charge in [0.2, 0.25) is 0 Å². The van der Waals surface area contributed by atoms with Gasteiger partial charge in [-0.2, -0.15) is 5.26 Å². The van der Waals surface area contributed by atoms with Gasteiger partial charge in [-0.15, -0.1) is 0 Å². The fourth-order valence-corrected chi connectivity index (χ4v) is 5.03. The van der Waals surface area contributed by atoms with E-state index in [1.165, 1.54) is 38.3 Å². The molecule has 0 aromatic heterocycles. The highest BCUT2D eigenvalue weighted by atomic mass is 16.6. The number of ketones is 1. The van der Waals surface area contributed by atoms with Gasteiger partial charge in [0.25, 0.3) is 5.69 Å². The summed E-state index contributed by atoms with van der Waals surface area (Å²) in [6, 6.07) is 11.4. The van der Waals surface area contributed by atoms with E-state index in [1.807, 2.05) is 6.07 Å². The fourth-order valence-electron chi connectivity index (χ4n) is 5.03.